The van der Waals surface area contributed by atoms with Crippen molar-refractivity contribution in [2.24, 2.45) is 0 Å². The van der Waals surface area contributed by atoms with Gasteiger partial charge in [0, 0.05) is 17.3 Å². The van der Waals surface area contributed by atoms with Crippen LogP contribution in [0.4, 0.5) is 0 Å². The molecule has 116 valence electrons. The molecule has 1 aliphatic carbocycles. The quantitative estimate of drug-likeness (QED) is 0.933. The Labute approximate surface area is 129 Å². The second kappa shape index (κ2) is 6.22. The lowest BCUT2D eigenvalue weighted by Gasteiger charge is -2.21. The van der Waals surface area contributed by atoms with Gasteiger partial charge in [-0.25, -0.2) is 4.79 Å². The van der Waals surface area contributed by atoms with Gasteiger partial charge in [-0.2, -0.15) is 5.10 Å². The number of hydrogen-bond donors (Lipinski definition) is 1. The van der Waals surface area contributed by atoms with Crippen molar-refractivity contribution >= 4 is 5.97 Å². The summed E-state index contributed by atoms with van der Waals surface area (Å²) in [6, 6.07) is 5.61. The molecule has 0 saturated heterocycles. The average molecular weight is 300 g/mol. The van der Waals surface area contributed by atoms with Crippen LogP contribution in [0.5, 0.6) is 5.75 Å². The van der Waals surface area contributed by atoms with E-state index in [-0.39, 0.29) is 5.56 Å². The Morgan fingerprint density at radius 1 is 1.32 bits per heavy atom. The second-order valence-electron chi connectivity index (χ2n) is 5.69. The number of aromatic carboxylic acids is 1. The maximum Gasteiger partial charge on any atom is 0.339 e. The van der Waals surface area contributed by atoms with Crippen molar-refractivity contribution < 1.29 is 14.6 Å². The van der Waals surface area contributed by atoms with Crippen molar-refractivity contribution in [2.45, 2.75) is 38.1 Å². The minimum atomic E-state index is -0.988. The maximum atomic E-state index is 11.3. The largest absolute Gasteiger partial charge is 0.495 e. The molecule has 22 heavy (non-hydrogen) atoms. The van der Waals surface area contributed by atoms with E-state index < -0.39 is 5.97 Å². The molecule has 1 saturated carbocycles. The van der Waals surface area contributed by atoms with Gasteiger partial charge in [0.1, 0.15) is 11.3 Å². The number of para-hydroxylation sites is 1. The standard InChI is InChI=1S/C17H20N2O3/c1-22-16-14(8-5-9-15(16)17(20)21)12-10-18-19(11-12)13-6-3-2-4-7-13/h5,8-11,13H,2-4,6-7H2,1H3,(H,20,21). The predicted octanol–water partition coefficient (Wildman–Crippen LogP) is 3.76. The molecule has 1 aliphatic rings. The molecule has 0 radical (unpaired) electrons. The fourth-order valence-corrected chi connectivity index (χ4v) is 3.18. The van der Waals surface area contributed by atoms with Gasteiger partial charge >= 0.3 is 5.97 Å². The van der Waals surface area contributed by atoms with Crippen molar-refractivity contribution in [3.63, 3.8) is 0 Å². The summed E-state index contributed by atoms with van der Waals surface area (Å²) in [7, 11) is 1.50. The van der Waals surface area contributed by atoms with Gasteiger partial charge in [-0.1, -0.05) is 31.4 Å². The summed E-state index contributed by atoms with van der Waals surface area (Å²) in [5.41, 5.74) is 1.83. The third-order valence-electron chi connectivity index (χ3n) is 4.31. The van der Waals surface area contributed by atoms with Crippen LogP contribution in [0.1, 0.15) is 48.5 Å². The number of carboxylic acid groups (broad SMARTS) is 1. The first-order chi connectivity index (χ1) is 10.7. The van der Waals surface area contributed by atoms with Crippen molar-refractivity contribution in [2.75, 3.05) is 7.11 Å². The van der Waals surface area contributed by atoms with E-state index in [4.69, 9.17) is 4.74 Å². The fourth-order valence-electron chi connectivity index (χ4n) is 3.18. The molecular formula is C17H20N2O3. The highest BCUT2D eigenvalue weighted by atomic mass is 16.5. The number of nitrogens with zero attached hydrogens (tertiary/aromatic N) is 2. The van der Waals surface area contributed by atoms with Gasteiger partial charge in [0.25, 0.3) is 0 Å². The van der Waals surface area contributed by atoms with E-state index in [9.17, 15) is 9.90 Å². The number of carbonyl (C=O) groups is 1. The Kier molecular flexibility index (Phi) is 4.13. The van der Waals surface area contributed by atoms with E-state index in [2.05, 4.69) is 5.10 Å². The Morgan fingerprint density at radius 2 is 2.09 bits per heavy atom. The molecule has 1 aromatic heterocycles. The van der Waals surface area contributed by atoms with Crippen LogP contribution < -0.4 is 4.74 Å². The highest BCUT2D eigenvalue weighted by Gasteiger charge is 2.19. The zero-order valence-electron chi connectivity index (χ0n) is 12.7. The highest BCUT2D eigenvalue weighted by molar-refractivity contribution is 5.94. The van der Waals surface area contributed by atoms with E-state index >= 15 is 0 Å². The van der Waals surface area contributed by atoms with Crippen LogP contribution in [0.3, 0.4) is 0 Å². The van der Waals surface area contributed by atoms with Crippen LogP contribution in [-0.2, 0) is 0 Å². The fraction of sp³-hybridized carbons (Fsp3) is 0.412. The van der Waals surface area contributed by atoms with Crippen LogP contribution in [-0.4, -0.2) is 28.0 Å². The van der Waals surface area contributed by atoms with Gasteiger partial charge in [0.15, 0.2) is 0 Å². The number of aromatic nitrogens is 2. The van der Waals surface area contributed by atoms with E-state index in [1.807, 2.05) is 16.9 Å². The molecule has 5 nitrogen and oxygen atoms in total. The number of carboxylic acids is 1. The lowest BCUT2D eigenvalue weighted by Crippen LogP contribution is -2.12. The van der Waals surface area contributed by atoms with Crippen LogP contribution in [0.2, 0.25) is 0 Å². The highest BCUT2D eigenvalue weighted by Crippen LogP contribution is 2.34. The molecule has 1 N–H and O–H groups in total. The molecule has 0 amide bonds. The van der Waals surface area contributed by atoms with Gasteiger partial charge in [0.05, 0.1) is 19.3 Å². The van der Waals surface area contributed by atoms with E-state index in [0.717, 1.165) is 24.0 Å². The lowest BCUT2D eigenvalue weighted by atomic mass is 9.96. The number of ether oxygens (including phenoxy) is 1. The van der Waals surface area contributed by atoms with Crippen LogP contribution in [0, 0.1) is 0 Å². The molecule has 2 aromatic rings. The normalized spacial score (nSPS) is 15.7. The summed E-state index contributed by atoms with van der Waals surface area (Å²) < 4.78 is 7.34. The topological polar surface area (TPSA) is 64.3 Å². The minimum absolute atomic E-state index is 0.172. The number of methoxy groups -OCH3 is 1. The molecule has 0 spiro atoms. The summed E-state index contributed by atoms with van der Waals surface area (Å²) in [6.07, 6.45) is 9.91. The van der Waals surface area contributed by atoms with Gasteiger partial charge in [-0.05, 0) is 18.9 Å². The Hall–Kier alpha value is -2.30. The number of benzene rings is 1. The van der Waals surface area contributed by atoms with Crippen LogP contribution in [0.15, 0.2) is 30.6 Å². The Balaban J connectivity index is 1.96. The lowest BCUT2D eigenvalue weighted by molar-refractivity contribution is 0.0693. The van der Waals surface area contributed by atoms with Crippen LogP contribution >= 0.6 is 0 Å². The third-order valence-corrected chi connectivity index (χ3v) is 4.31. The molecule has 1 heterocycles. The summed E-state index contributed by atoms with van der Waals surface area (Å²) in [4.78, 5) is 11.3. The minimum Gasteiger partial charge on any atom is -0.495 e. The first-order valence-corrected chi connectivity index (χ1v) is 7.65. The van der Waals surface area contributed by atoms with Gasteiger partial charge in [-0.3, -0.25) is 4.68 Å². The van der Waals surface area contributed by atoms with Crippen molar-refractivity contribution in [1.82, 2.24) is 9.78 Å². The summed E-state index contributed by atoms with van der Waals surface area (Å²) >= 11 is 0. The maximum absolute atomic E-state index is 11.3. The second-order valence-corrected chi connectivity index (χ2v) is 5.69. The summed E-state index contributed by atoms with van der Waals surface area (Å²) in [6.45, 7) is 0. The molecule has 1 fully saturated rings. The Bertz CT molecular complexity index is 672. The van der Waals surface area contributed by atoms with Crippen LogP contribution in [0.25, 0.3) is 11.1 Å². The van der Waals surface area contributed by atoms with Crippen molar-refractivity contribution in [1.29, 1.82) is 0 Å². The molecule has 3 rings (SSSR count). The average Bonchev–Trinajstić information content (AvgIpc) is 3.04. The van der Waals surface area contributed by atoms with Gasteiger partial charge in [-0.15, -0.1) is 0 Å². The molecule has 0 unspecified atom stereocenters. The third kappa shape index (κ3) is 2.71. The molecular weight excluding hydrogens is 280 g/mol. The van der Waals surface area contributed by atoms with Gasteiger partial charge in [0.2, 0.25) is 0 Å². The SMILES string of the molecule is COc1c(C(=O)O)cccc1-c1cnn(C2CCCCC2)c1. The molecule has 0 bridgehead atoms. The molecule has 0 atom stereocenters. The van der Waals surface area contributed by atoms with Crippen molar-refractivity contribution in [3.05, 3.63) is 36.2 Å². The monoisotopic (exact) mass is 300 g/mol. The molecule has 5 heteroatoms. The zero-order valence-corrected chi connectivity index (χ0v) is 12.7. The smallest absolute Gasteiger partial charge is 0.339 e. The predicted molar refractivity (Wildman–Crippen MR) is 83.3 cm³/mol. The first kappa shape index (κ1) is 14.6. The van der Waals surface area contributed by atoms with E-state index in [1.165, 1.54) is 26.4 Å². The first-order valence-electron chi connectivity index (χ1n) is 7.65. The summed E-state index contributed by atoms with van der Waals surface area (Å²) in [5, 5.41) is 13.8. The number of hydrogen-bond acceptors (Lipinski definition) is 3. The van der Waals surface area contributed by atoms with E-state index in [0.29, 0.717) is 11.8 Å². The van der Waals surface area contributed by atoms with Gasteiger partial charge < -0.3 is 9.84 Å². The molecule has 1 aromatic carbocycles. The Morgan fingerprint density at radius 3 is 2.77 bits per heavy atom. The molecule has 0 aliphatic heterocycles. The number of rotatable bonds is 4. The van der Waals surface area contributed by atoms with Crippen molar-refractivity contribution in [3.8, 4) is 16.9 Å². The summed E-state index contributed by atoms with van der Waals surface area (Å²) in [5.74, 6) is -0.600. The zero-order chi connectivity index (χ0) is 15.5. The van der Waals surface area contributed by atoms with E-state index in [1.54, 1.807) is 18.3 Å².